The van der Waals surface area contributed by atoms with Crippen molar-refractivity contribution in [2.24, 2.45) is 0 Å². The summed E-state index contributed by atoms with van der Waals surface area (Å²) in [7, 11) is -3.16. The molecule has 0 unspecified atom stereocenters. The molecule has 144 valence electrons. The predicted molar refractivity (Wildman–Crippen MR) is 105 cm³/mol. The van der Waals surface area contributed by atoms with Gasteiger partial charge in [-0.05, 0) is 37.5 Å². The van der Waals surface area contributed by atoms with Gasteiger partial charge in [-0.15, -0.1) is 11.8 Å². The van der Waals surface area contributed by atoms with E-state index in [-0.39, 0.29) is 29.4 Å². The molecule has 0 atom stereocenters. The number of aryl methyl sites for hydroxylation is 1. The SMILES string of the molecule is Cc1cccc(NC(=O)CSCC(=O)NC2CCN(S(C)(=O)=O)CC2)c1. The molecule has 1 aromatic rings. The molecule has 7 nitrogen and oxygen atoms in total. The molecule has 1 aromatic carbocycles. The highest BCUT2D eigenvalue weighted by Gasteiger charge is 2.25. The first-order valence-corrected chi connectivity index (χ1v) is 11.4. The summed E-state index contributed by atoms with van der Waals surface area (Å²) < 4.78 is 24.4. The predicted octanol–water partition coefficient (Wildman–Crippen LogP) is 1.21. The van der Waals surface area contributed by atoms with Gasteiger partial charge in [0.2, 0.25) is 21.8 Å². The molecule has 0 spiro atoms. The van der Waals surface area contributed by atoms with E-state index >= 15 is 0 Å². The van der Waals surface area contributed by atoms with Crippen LogP contribution in [0.2, 0.25) is 0 Å². The molecule has 1 aliphatic heterocycles. The summed E-state index contributed by atoms with van der Waals surface area (Å²) in [4.78, 5) is 23.9. The van der Waals surface area contributed by atoms with Crippen LogP contribution in [0.5, 0.6) is 0 Å². The molecule has 1 heterocycles. The van der Waals surface area contributed by atoms with Crippen molar-refractivity contribution < 1.29 is 18.0 Å². The monoisotopic (exact) mass is 399 g/mol. The average Bonchev–Trinajstić information content (AvgIpc) is 2.54. The molecule has 9 heteroatoms. The Balaban J connectivity index is 1.64. The van der Waals surface area contributed by atoms with Gasteiger partial charge >= 0.3 is 0 Å². The van der Waals surface area contributed by atoms with Crippen LogP contribution in [0.25, 0.3) is 0 Å². The summed E-state index contributed by atoms with van der Waals surface area (Å²) in [6.45, 7) is 2.81. The number of sulfonamides is 1. The summed E-state index contributed by atoms with van der Waals surface area (Å²) in [6.07, 6.45) is 2.42. The van der Waals surface area contributed by atoms with Crippen molar-refractivity contribution in [3.63, 3.8) is 0 Å². The Hall–Kier alpha value is -1.58. The van der Waals surface area contributed by atoms with E-state index in [0.717, 1.165) is 11.3 Å². The van der Waals surface area contributed by atoms with Crippen molar-refractivity contribution >= 4 is 39.3 Å². The van der Waals surface area contributed by atoms with E-state index in [2.05, 4.69) is 10.6 Å². The normalized spacial score (nSPS) is 16.2. The zero-order valence-corrected chi connectivity index (χ0v) is 16.7. The minimum atomic E-state index is -3.16. The van der Waals surface area contributed by atoms with Crippen LogP contribution in [-0.2, 0) is 19.6 Å². The summed E-state index contributed by atoms with van der Waals surface area (Å²) >= 11 is 1.26. The maximum absolute atomic E-state index is 12.0. The van der Waals surface area contributed by atoms with E-state index < -0.39 is 10.0 Å². The van der Waals surface area contributed by atoms with Gasteiger partial charge in [-0.1, -0.05) is 12.1 Å². The van der Waals surface area contributed by atoms with E-state index in [0.29, 0.717) is 25.9 Å². The topological polar surface area (TPSA) is 95.6 Å². The molecule has 0 saturated carbocycles. The van der Waals surface area contributed by atoms with Crippen molar-refractivity contribution in [2.75, 3.05) is 36.2 Å². The molecule has 2 N–H and O–H groups in total. The van der Waals surface area contributed by atoms with Crippen LogP contribution in [0.1, 0.15) is 18.4 Å². The molecule has 1 aliphatic rings. The van der Waals surface area contributed by atoms with Gasteiger partial charge in [0.1, 0.15) is 0 Å². The van der Waals surface area contributed by atoms with Crippen molar-refractivity contribution in [3.05, 3.63) is 29.8 Å². The number of carbonyl (C=O) groups is 2. The third-order valence-electron chi connectivity index (χ3n) is 4.06. The smallest absolute Gasteiger partial charge is 0.234 e. The number of nitrogens with zero attached hydrogens (tertiary/aromatic N) is 1. The van der Waals surface area contributed by atoms with E-state index in [4.69, 9.17) is 0 Å². The minimum Gasteiger partial charge on any atom is -0.353 e. The molecule has 0 aromatic heterocycles. The molecule has 0 aliphatic carbocycles. The molecule has 1 saturated heterocycles. The van der Waals surface area contributed by atoms with Crippen LogP contribution in [0.3, 0.4) is 0 Å². The molecule has 2 amide bonds. The van der Waals surface area contributed by atoms with E-state index in [9.17, 15) is 18.0 Å². The number of carbonyl (C=O) groups excluding carboxylic acids is 2. The number of benzene rings is 1. The van der Waals surface area contributed by atoms with Gasteiger partial charge in [-0.25, -0.2) is 12.7 Å². The van der Waals surface area contributed by atoms with Crippen LogP contribution < -0.4 is 10.6 Å². The first-order chi connectivity index (χ1) is 12.2. The average molecular weight is 400 g/mol. The lowest BCUT2D eigenvalue weighted by Crippen LogP contribution is -2.46. The number of hydrogen-bond acceptors (Lipinski definition) is 5. The Labute approximate surface area is 159 Å². The molecule has 1 fully saturated rings. The van der Waals surface area contributed by atoms with E-state index in [1.807, 2.05) is 31.2 Å². The Morgan fingerprint density at radius 1 is 1.19 bits per heavy atom. The molecule has 0 bridgehead atoms. The largest absolute Gasteiger partial charge is 0.353 e. The number of amides is 2. The van der Waals surface area contributed by atoms with Crippen LogP contribution >= 0.6 is 11.8 Å². The first kappa shape index (κ1) is 20.7. The van der Waals surface area contributed by atoms with Gasteiger partial charge in [-0.2, -0.15) is 0 Å². The lowest BCUT2D eigenvalue weighted by Gasteiger charge is -2.30. The minimum absolute atomic E-state index is 0.0118. The van der Waals surface area contributed by atoms with Gasteiger partial charge < -0.3 is 10.6 Å². The van der Waals surface area contributed by atoms with Crippen LogP contribution in [0.15, 0.2) is 24.3 Å². The number of hydrogen-bond donors (Lipinski definition) is 2. The second kappa shape index (κ2) is 9.38. The van der Waals surface area contributed by atoms with Crippen molar-refractivity contribution in [3.8, 4) is 0 Å². The van der Waals surface area contributed by atoms with Crippen LogP contribution in [-0.4, -0.2) is 61.4 Å². The Morgan fingerprint density at radius 2 is 1.85 bits per heavy atom. The number of rotatable bonds is 7. The van der Waals surface area contributed by atoms with Gasteiger partial charge in [0.05, 0.1) is 17.8 Å². The lowest BCUT2D eigenvalue weighted by atomic mass is 10.1. The molecule has 2 rings (SSSR count). The molecular formula is C17H25N3O4S2. The van der Waals surface area contributed by atoms with Gasteiger partial charge in [0, 0.05) is 24.8 Å². The molecule has 0 radical (unpaired) electrons. The Morgan fingerprint density at radius 3 is 2.46 bits per heavy atom. The summed E-state index contributed by atoms with van der Waals surface area (Å²) in [6, 6.07) is 7.53. The lowest BCUT2D eigenvalue weighted by molar-refractivity contribution is -0.119. The third-order valence-corrected chi connectivity index (χ3v) is 6.29. The van der Waals surface area contributed by atoms with Crippen LogP contribution in [0.4, 0.5) is 5.69 Å². The van der Waals surface area contributed by atoms with Gasteiger partial charge in [0.15, 0.2) is 0 Å². The highest BCUT2D eigenvalue weighted by atomic mass is 32.2. The maximum atomic E-state index is 12.0. The fourth-order valence-corrected chi connectivity index (χ4v) is 4.26. The highest BCUT2D eigenvalue weighted by Crippen LogP contribution is 2.14. The number of piperidine rings is 1. The first-order valence-electron chi connectivity index (χ1n) is 8.43. The number of thioether (sulfide) groups is 1. The van der Waals surface area contributed by atoms with Crippen molar-refractivity contribution in [1.82, 2.24) is 9.62 Å². The van der Waals surface area contributed by atoms with Gasteiger partial charge in [-0.3, -0.25) is 9.59 Å². The van der Waals surface area contributed by atoms with E-state index in [1.54, 1.807) is 0 Å². The highest BCUT2D eigenvalue weighted by molar-refractivity contribution is 8.00. The zero-order chi connectivity index (χ0) is 19.2. The number of anilines is 1. The quantitative estimate of drug-likeness (QED) is 0.718. The maximum Gasteiger partial charge on any atom is 0.234 e. The number of nitrogens with one attached hydrogen (secondary N) is 2. The standard InChI is InChI=1S/C17H25N3O4S2/c1-13-4-3-5-15(10-13)19-17(22)12-25-11-16(21)18-14-6-8-20(9-7-14)26(2,23)24/h3-5,10,14H,6-9,11-12H2,1-2H3,(H,18,21)(H,19,22). The van der Waals surface area contributed by atoms with Crippen molar-refractivity contribution in [1.29, 1.82) is 0 Å². The van der Waals surface area contributed by atoms with E-state index in [1.165, 1.54) is 22.3 Å². The second-order valence-electron chi connectivity index (χ2n) is 6.41. The van der Waals surface area contributed by atoms with Crippen molar-refractivity contribution in [2.45, 2.75) is 25.8 Å². The summed E-state index contributed by atoms with van der Waals surface area (Å²) in [5.41, 5.74) is 1.81. The Kier molecular flexibility index (Phi) is 7.48. The summed E-state index contributed by atoms with van der Waals surface area (Å²) in [5.74, 6) is 0.132. The third kappa shape index (κ3) is 6.97. The second-order valence-corrected chi connectivity index (χ2v) is 9.38. The fraction of sp³-hybridized carbons (Fsp3) is 0.529. The zero-order valence-electron chi connectivity index (χ0n) is 15.0. The Bertz CT molecular complexity index is 744. The van der Waals surface area contributed by atoms with Gasteiger partial charge in [0.25, 0.3) is 0 Å². The van der Waals surface area contributed by atoms with Crippen LogP contribution in [0, 0.1) is 6.92 Å². The fourth-order valence-electron chi connectivity index (χ4n) is 2.76. The summed E-state index contributed by atoms with van der Waals surface area (Å²) in [5, 5.41) is 5.71. The molecule has 26 heavy (non-hydrogen) atoms. The molecular weight excluding hydrogens is 374 g/mol.